The quantitative estimate of drug-likeness (QED) is 0.480. The van der Waals surface area contributed by atoms with Gasteiger partial charge in [0, 0.05) is 23.2 Å². The number of carbonyl (C=O) groups is 1. The Balaban J connectivity index is 1.41. The van der Waals surface area contributed by atoms with Gasteiger partial charge in [-0.25, -0.2) is 9.37 Å². The largest absolute Gasteiger partial charge is 0.440 e. The Kier molecular flexibility index (Phi) is 3.93. The highest BCUT2D eigenvalue weighted by atomic mass is 32.1. The first-order valence-corrected chi connectivity index (χ1v) is 9.83. The number of oxazole rings is 1. The van der Waals surface area contributed by atoms with Crippen molar-refractivity contribution in [1.29, 1.82) is 0 Å². The number of hydrogen-bond acceptors (Lipinski definition) is 4. The zero-order valence-corrected chi connectivity index (χ0v) is 15.3. The number of halogens is 1. The Bertz CT molecular complexity index is 1120. The van der Waals surface area contributed by atoms with Crippen molar-refractivity contribution < 1.29 is 13.6 Å². The molecule has 0 saturated carbocycles. The normalized spacial score (nSPS) is 17.7. The monoisotopic (exact) mass is 380 g/mol. The summed E-state index contributed by atoms with van der Waals surface area (Å²) in [7, 11) is 0. The van der Waals surface area contributed by atoms with Crippen molar-refractivity contribution in [1.82, 2.24) is 9.88 Å². The molecule has 5 rings (SSSR count). The molecule has 4 aromatic rings. The van der Waals surface area contributed by atoms with Gasteiger partial charge in [-0.3, -0.25) is 4.79 Å². The maximum Gasteiger partial charge on any atom is 0.263 e. The van der Waals surface area contributed by atoms with Gasteiger partial charge < -0.3 is 9.32 Å². The van der Waals surface area contributed by atoms with Crippen LogP contribution in [0.2, 0.25) is 0 Å². The molecular formula is C21H17FN2O2S. The zero-order chi connectivity index (χ0) is 18.4. The molecule has 6 heteroatoms. The van der Waals surface area contributed by atoms with Crippen molar-refractivity contribution in [3.8, 4) is 0 Å². The van der Waals surface area contributed by atoms with Crippen molar-refractivity contribution in [2.45, 2.75) is 18.8 Å². The Hall–Kier alpha value is -2.73. The highest BCUT2D eigenvalue weighted by Crippen LogP contribution is 2.32. The molecule has 1 aliphatic heterocycles. The molecule has 1 fully saturated rings. The number of hydrogen-bond donors (Lipinski definition) is 0. The second-order valence-electron chi connectivity index (χ2n) is 6.87. The van der Waals surface area contributed by atoms with Gasteiger partial charge in [0.2, 0.25) is 0 Å². The highest BCUT2D eigenvalue weighted by Gasteiger charge is 2.29. The molecule has 27 heavy (non-hydrogen) atoms. The van der Waals surface area contributed by atoms with Crippen LogP contribution in [0.3, 0.4) is 0 Å². The van der Waals surface area contributed by atoms with E-state index in [1.54, 1.807) is 12.1 Å². The van der Waals surface area contributed by atoms with Crippen molar-refractivity contribution >= 4 is 38.4 Å². The van der Waals surface area contributed by atoms with E-state index in [0.717, 1.165) is 28.6 Å². The molecule has 2 aromatic carbocycles. The minimum Gasteiger partial charge on any atom is -0.440 e. The number of fused-ring (bicyclic) bond motifs is 2. The van der Waals surface area contributed by atoms with Gasteiger partial charge in [-0.2, -0.15) is 0 Å². The van der Waals surface area contributed by atoms with Crippen molar-refractivity contribution in [2.75, 3.05) is 13.1 Å². The summed E-state index contributed by atoms with van der Waals surface area (Å²) in [6.07, 6.45) is 1.84. The molecule has 1 amide bonds. The van der Waals surface area contributed by atoms with Crippen LogP contribution in [0.15, 0.2) is 52.9 Å². The fourth-order valence-electron chi connectivity index (χ4n) is 3.71. The Morgan fingerprint density at radius 2 is 2.11 bits per heavy atom. The number of nitrogens with zero attached hydrogens (tertiary/aromatic N) is 2. The van der Waals surface area contributed by atoms with Crippen molar-refractivity contribution in [2.24, 2.45) is 0 Å². The molecule has 0 aliphatic carbocycles. The van der Waals surface area contributed by atoms with E-state index in [-0.39, 0.29) is 17.6 Å². The predicted molar refractivity (Wildman–Crippen MR) is 104 cm³/mol. The maximum atomic E-state index is 14.0. The molecule has 4 nitrogen and oxygen atoms in total. The summed E-state index contributed by atoms with van der Waals surface area (Å²) >= 11 is 1.34. The van der Waals surface area contributed by atoms with Crippen LogP contribution in [0.25, 0.3) is 21.2 Å². The predicted octanol–water partition coefficient (Wildman–Crippen LogP) is 5.20. The lowest BCUT2D eigenvalue weighted by molar-refractivity contribution is 0.0704. The molecule has 1 unspecified atom stereocenters. The number of para-hydroxylation sites is 2. The summed E-state index contributed by atoms with van der Waals surface area (Å²) in [5.74, 6) is 0.444. The Morgan fingerprint density at radius 3 is 2.96 bits per heavy atom. The average Bonchev–Trinajstić information content (AvgIpc) is 3.32. The van der Waals surface area contributed by atoms with Crippen LogP contribution >= 0.6 is 11.3 Å². The van der Waals surface area contributed by atoms with Crippen molar-refractivity contribution in [3.05, 3.63) is 65.1 Å². The van der Waals surface area contributed by atoms with Gasteiger partial charge >= 0.3 is 0 Å². The molecule has 1 aliphatic rings. The average molecular weight is 380 g/mol. The lowest BCUT2D eigenvalue weighted by atomic mass is 9.98. The summed E-state index contributed by atoms with van der Waals surface area (Å²) in [5, 5.41) is 0.512. The van der Waals surface area contributed by atoms with Gasteiger partial charge in [-0.05, 0) is 43.2 Å². The standard InChI is InChI=1S/C21H17FN2O2S/c22-15-6-3-9-18-14(15)11-19(27-18)21(25)24-10-4-5-13(12-24)20-23-16-7-1-2-8-17(16)26-20/h1-3,6-9,11,13H,4-5,10,12H2. The number of amides is 1. The summed E-state index contributed by atoms with van der Waals surface area (Å²) in [4.78, 5) is 20.0. The molecule has 136 valence electrons. The molecule has 0 bridgehead atoms. The number of likely N-dealkylation sites (tertiary alicyclic amines) is 1. The molecule has 1 atom stereocenters. The summed E-state index contributed by atoms with van der Waals surface area (Å²) in [6.45, 7) is 1.27. The van der Waals surface area contributed by atoms with Crippen LogP contribution in [0.1, 0.15) is 34.3 Å². The van der Waals surface area contributed by atoms with Gasteiger partial charge in [0.05, 0.1) is 10.8 Å². The molecule has 1 saturated heterocycles. The van der Waals surface area contributed by atoms with Gasteiger partial charge in [-0.15, -0.1) is 11.3 Å². The topological polar surface area (TPSA) is 46.3 Å². The third-order valence-electron chi connectivity index (χ3n) is 5.09. The second-order valence-corrected chi connectivity index (χ2v) is 7.96. The number of rotatable bonds is 2. The van der Waals surface area contributed by atoms with Crippen LogP contribution in [0.5, 0.6) is 0 Å². The lowest BCUT2D eigenvalue weighted by Crippen LogP contribution is -2.38. The highest BCUT2D eigenvalue weighted by molar-refractivity contribution is 7.20. The third kappa shape index (κ3) is 2.90. The molecule has 0 radical (unpaired) electrons. The number of carbonyl (C=O) groups excluding carboxylic acids is 1. The number of benzene rings is 2. The lowest BCUT2D eigenvalue weighted by Gasteiger charge is -2.30. The van der Waals surface area contributed by atoms with E-state index in [1.165, 1.54) is 17.4 Å². The summed E-state index contributed by atoms with van der Waals surface area (Å²) in [6, 6.07) is 14.3. The van der Waals surface area contributed by atoms with Crippen LogP contribution in [-0.2, 0) is 0 Å². The van der Waals surface area contributed by atoms with E-state index in [4.69, 9.17) is 4.42 Å². The van der Waals surface area contributed by atoms with E-state index in [9.17, 15) is 9.18 Å². The first-order valence-electron chi connectivity index (χ1n) is 9.02. The third-order valence-corrected chi connectivity index (χ3v) is 6.18. The summed E-state index contributed by atoms with van der Waals surface area (Å²) < 4.78 is 20.7. The molecule has 3 heterocycles. The molecule has 0 N–H and O–H groups in total. The first kappa shape index (κ1) is 16.4. The SMILES string of the molecule is O=C(c1cc2c(F)cccc2s1)N1CCCC(c2nc3ccccc3o2)C1. The van der Waals surface area contributed by atoms with E-state index < -0.39 is 0 Å². The fraction of sp³-hybridized carbons (Fsp3) is 0.238. The minimum atomic E-state index is -0.286. The Labute approximate surface area is 159 Å². The second kappa shape index (κ2) is 6.46. The van der Waals surface area contributed by atoms with E-state index >= 15 is 0 Å². The van der Waals surface area contributed by atoms with E-state index in [1.807, 2.05) is 35.2 Å². The summed E-state index contributed by atoms with van der Waals surface area (Å²) in [5.41, 5.74) is 1.62. The number of aromatic nitrogens is 1. The van der Waals surface area contributed by atoms with Crippen LogP contribution in [0.4, 0.5) is 4.39 Å². The number of piperidine rings is 1. The molecular weight excluding hydrogens is 363 g/mol. The number of thiophene rings is 1. The van der Waals surface area contributed by atoms with Crippen LogP contribution < -0.4 is 0 Å². The fourth-order valence-corrected chi connectivity index (χ4v) is 4.76. The van der Waals surface area contributed by atoms with E-state index in [2.05, 4.69) is 4.98 Å². The first-order chi connectivity index (χ1) is 13.2. The zero-order valence-electron chi connectivity index (χ0n) is 14.5. The minimum absolute atomic E-state index is 0.0450. The van der Waals surface area contributed by atoms with Gasteiger partial charge in [0.25, 0.3) is 5.91 Å². The Morgan fingerprint density at radius 1 is 1.22 bits per heavy atom. The smallest absolute Gasteiger partial charge is 0.263 e. The van der Waals surface area contributed by atoms with Crippen LogP contribution in [0, 0.1) is 5.82 Å². The van der Waals surface area contributed by atoms with Gasteiger partial charge in [0.15, 0.2) is 11.5 Å². The van der Waals surface area contributed by atoms with Gasteiger partial charge in [0.1, 0.15) is 11.3 Å². The van der Waals surface area contributed by atoms with E-state index in [0.29, 0.717) is 29.2 Å². The van der Waals surface area contributed by atoms with Crippen molar-refractivity contribution in [3.63, 3.8) is 0 Å². The molecule has 2 aromatic heterocycles. The van der Waals surface area contributed by atoms with Gasteiger partial charge in [-0.1, -0.05) is 18.2 Å². The maximum absolute atomic E-state index is 14.0. The molecule has 0 spiro atoms. The van der Waals surface area contributed by atoms with Crippen LogP contribution in [-0.4, -0.2) is 28.9 Å².